The van der Waals surface area contributed by atoms with Crippen molar-refractivity contribution in [1.29, 1.82) is 0 Å². The number of carbonyl (C=O) groups excluding carboxylic acids is 1. The molecule has 0 aliphatic carbocycles. The Balaban J connectivity index is 1.60. The first kappa shape index (κ1) is 26.9. The van der Waals surface area contributed by atoms with Crippen molar-refractivity contribution in [2.75, 3.05) is 19.6 Å². The molecule has 3 aromatic carbocycles. The Bertz CT molecular complexity index is 1340. The Hall–Kier alpha value is -3.70. The number of imidazole rings is 1. The van der Waals surface area contributed by atoms with Crippen LogP contribution in [0.15, 0.2) is 91.1 Å². The summed E-state index contributed by atoms with van der Waals surface area (Å²) in [6, 6.07) is 28.7. The molecule has 1 aliphatic rings. The highest BCUT2D eigenvalue weighted by atomic mass is 16.2. The first-order chi connectivity index (χ1) is 19.0. The zero-order chi connectivity index (χ0) is 27.2. The summed E-state index contributed by atoms with van der Waals surface area (Å²) in [5, 5.41) is 3.55. The SMILES string of the molecule is Cc1ccc(C(=O)N(C[C@H]2CCCNC2)[C@@H](c2nc(-c3ccccc3)cn2Cc2ccccc2)C(C)C)cc1. The number of aromatic nitrogens is 2. The van der Waals surface area contributed by atoms with E-state index in [1.807, 2.05) is 36.4 Å². The molecule has 0 unspecified atom stereocenters. The Morgan fingerprint density at radius 2 is 1.69 bits per heavy atom. The lowest BCUT2D eigenvalue weighted by atomic mass is 9.94. The Kier molecular flexibility index (Phi) is 8.58. The van der Waals surface area contributed by atoms with Crippen LogP contribution < -0.4 is 5.32 Å². The van der Waals surface area contributed by atoms with Gasteiger partial charge in [0.15, 0.2) is 0 Å². The number of aryl methyl sites for hydroxylation is 1. The molecule has 0 bridgehead atoms. The van der Waals surface area contributed by atoms with Gasteiger partial charge in [-0.15, -0.1) is 0 Å². The fraction of sp³-hybridized carbons (Fsp3) is 0.353. The number of hydrogen-bond acceptors (Lipinski definition) is 3. The van der Waals surface area contributed by atoms with Crippen LogP contribution in [0.25, 0.3) is 11.3 Å². The molecule has 1 saturated heterocycles. The minimum atomic E-state index is -0.165. The molecular weight excluding hydrogens is 480 g/mol. The number of nitrogens with one attached hydrogen (secondary N) is 1. The zero-order valence-electron chi connectivity index (χ0n) is 23.4. The van der Waals surface area contributed by atoms with Crippen molar-refractivity contribution in [3.05, 3.63) is 114 Å². The largest absolute Gasteiger partial charge is 0.328 e. The van der Waals surface area contributed by atoms with Gasteiger partial charge in [0, 0.05) is 30.4 Å². The lowest BCUT2D eigenvalue weighted by Crippen LogP contribution is -2.45. The molecule has 0 spiro atoms. The molecule has 0 radical (unpaired) electrons. The van der Waals surface area contributed by atoms with Crippen molar-refractivity contribution in [3.63, 3.8) is 0 Å². The average molecular weight is 521 g/mol. The molecule has 2 atom stereocenters. The van der Waals surface area contributed by atoms with E-state index in [4.69, 9.17) is 4.98 Å². The highest BCUT2D eigenvalue weighted by molar-refractivity contribution is 5.94. The summed E-state index contributed by atoms with van der Waals surface area (Å²) in [6.45, 7) is 9.89. The average Bonchev–Trinajstić information content (AvgIpc) is 3.37. The predicted molar refractivity (Wildman–Crippen MR) is 159 cm³/mol. The fourth-order valence-corrected chi connectivity index (χ4v) is 5.66. The summed E-state index contributed by atoms with van der Waals surface area (Å²) in [5.41, 5.74) is 5.13. The zero-order valence-corrected chi connectivity index (χ0v) is 23.4. The second-order valence-electron chi connectivity index (χ2n) is 11.2. The molecule has 5 rings (SSSR count). The van der Waals surface area contributed by atoms with Gasteiger partial charge in [0.25, 0.3) is 5.91 Å². The van der Waals surface area contributed by atoms with Crippen molar-refractivity contribution in [2.45, 2.75) is 46.2 Å². The monoisotopic (exact) mass is 520 g/mol. The molecule has 39 heavy (non-hydrogen) atoms. The topological polar surface area (TPSA) is 50.2 Å². The van der Waals surface area contributed by atoms with Crippen LogP contribution in [-0.2, 0) is 6.54 Å². The molecule has 5 heteroatoms. The Labute approximate surface area is 232 Å². The Morgan fingerprint density at radius 1 is 1.00 bits per heavy atom. The third-order valence-corrected chi connectivity index (χ3v) is 7.72. The number of benzene rings is 3. The number of nitrogens with zero attached hydrogens (tertiary/aromatic N) is 3. The van der Waals surface area contributed by atoms with Crippen LogP contribution in [0.5, 0.6) is 0 Å². The van der Waals surface area contributed by atoms with Crippen LogP contribution in [0.1, 0.15) is 60.0 Å². The predicted octanol–water partition coefficient (Wildman–Crippen LogP) is 6.75. The minimum Gasteiger partial charge on any atom is -0.328 e. The standard InChI is InChI=1S/C34H40N4O/c1-25(2)32(38(23-28-13-10-20-35-21-28)34(39)30-18-16-26(3)17-19-30)33-36-31(29-14-8-5-9-15-29)24-37(33)22-27-11-6-4-7-12-27/h4-9,11-12,14-19,24-25,28,32,35H,10,13,20-23H2,1-3H3/t28-,32+/m0/s1. The lowest BCUT2D eigenvalue weighted by molar-refractivity contribution is 0.0546. The first-order valence-corrected chi connectivity index (χ1v) is 14.2. The smallest absolute Gasteiger partial charge is 0.254 e. The van der Waals surface area contributed by atoms with E-state index >= 15 is 0 Å². The molecule has 202 valence electrons. The molecule has 2 heterocycles. The van der Waals surface area contributed by atoms with Gasteiger partial charge in [-0.25, -0.2) is 4.98 Å². The van der Waals surface area contributed by atoms with Crippen LogP contribution in [0, 0.1) is 18.8 Å². The summed E-state index contributed by atoms with van der Waals surface area (Å²) in [5.74, 6) is 1.61. The normalized spacial score (nSPS) is 16.3. The summed E-state index contributed by atoms with van der Waals surface area (Å²) < 4.78 is 2.26. The number of hydrogen-bond donors (Lipinski definition) is 1. The van der Waals surface area contributed by atoms with Crippen LogP contribution in [0.4, 0.5) is 0 Å². The van der Waals surface area contributed by atoms with Crippen molar-refractivity contribution < 1.29 is 4.79 Å². The van der Waals surface area contributed by atoms with Gasteiger partial charge in [-0.05, 0) is 62.4 Å². The van der Waals surface area contributed by atoms with Crippen LogP contribution in [0.3, 0.4) is 0 Å². The van der Waals surface area contributed by atoms with E-state index in [1.54, 1.807) is 0 Å². The van der Waals surface area contributed by atoms with Gasteiger partial charge in [0.05, 0.1) is 11.7 Å². The van der Waals surface area contributed by atoms with Gasteiger partial charge >= 0.3 is 0 Å². The number of carbonyl (C=O) groups is 1. The van der Waals surface area contributed by atoms with Crippen molar-refractivity contribution in [1.82, 2.24) is 19.8 Å². The molecule has 1 aliphatic heterocycles. The molecule has 5 nitrogen and oxygen atoms in total. The minimum absolute atomic E-state index is 0.0785. The first-order valence-electron chi connectivity index (χ1n) is 14.2. The number of amides is 1. The van der Waals surface area contributed by atoms with Gasteiger partial charge in [0.2, 0.25) is 0 Å². The van der Waals surface area contributed by atoms with Crippen molar-refractivity contribution in [3.8, 4) is 11.3 Å². The van der Waals surface area contributed by atoms with E-state index in [0.717, 1.165) is 54.1 Å². The molecule has 1 N–H and O–H groups in total. The van der Waals surface area contributed by atoms with Gasteiger partial charge in [-0.3, -0.25) is 4.79 Å². The van der Waals surface area contributed by atoms with Crippen LogP contribution >= 0.6 is 0 Å². The van der Waals surface area contributed by atoms with E-state index in [0.29, 0.717) is 19.0 Å². The number of piperidine rings is 1. The molecule has 1 amide bonds. The summed E-state index contributed by atoms with van der Waals surface area (Å²) >= 11 is 0. The molecule has 0 saturated carbocycles. The molecule has 1 fully saturated rings. The molecule has 4 aromatic rings. The summed E-state index contributed by atoms with van der Waals surface area (Å²) in [7, 11) is 0. The molecular formula is C34H40N4O. The second-order valence-corrected chi connectivity index (χ2v) is 11.2. The maximum atomic E-state index is 14.3. The van der Waals surface area contributed by atoms with Gasteiger partial charge in [0.1, 0.15) is 5.82 Å². The van der Waals surface area contributed by atoms with E-state index < -0.39 is 0 Å². The Morgan fingerprint density at radius 3 is 2.33 bits per heavy atom. The second kappa shape index (κ2) is 12.4. The van der Waals surface area contributed by atoms with Gasteiger partial charge in [-0.2, -0.15) is 0 Å². The summed E-state index contributed by atoms with van der Waals surface area (Å²) in [4.78, 5) is 21.6. The van der Waals surface area contributed by atoms with Gasteiger partial charge < -0.3 is 14.8 Å². The summed E-state index contributed by atoms with van der Waals surface area (Å²) in [6.07, 6.45) is 4.43. The maximum Gasteiger partial charge on any atom is 0.254 e. The highest BCUT2D eigenvalue weighted by Crippen LogP contribution is 2.34. The van der Waals surface area contributed by atoms with Gasteiger partial charge in [-0.1, -0.05) is 92.2 Å². The maximum absolute atomic E-state index is 14.3. The van der Waals surface area contributed by atoms with E-state index in [-0.39, 0.29) is 17.9 Å². The lowest BCUT2D eigenvalue weighted by Gasteiger charge is -2.38. The van der Waals surface area contributed by atoms with Crippen molar-refractivity contribution in [2.24, 2.45) is 11.8 Å². The highest BCUT2D eigenvalue weighted by Gasteiger charge is 2.34. The third kappa shape index (κ3) is 6.48. The van der Waals surface area contributed by atoms with E-state index in [1.165, 1.54) is 5.56 Å². The van der Waals surface area contributed by atoms with Crippen LogP contribution in [0.2, 0.25) is 0 Å². The van der Waals surface area contributed by atoms with E-state index in [2.05, 4.69) is 90.3 Å². The van der Waals surface area contributed by atoms with Crippen LogP contribution in [-0.4, -0.2) is 40.0 Å². The third-order valence-electron chi connectivity index (χ3n) is 7.72. The fourth-order valence-electron chi connectivity index (χ4n) is 5.66. The molecule has 1 aromatic heterocycles. The quantitative estimate of drug-likeness (QED) is 0.266. The van der Waals surface area contributed by atoms with Crippen molar-refractivity contribution >= 4 is 5.91 Å². The number of rotatable bonds is 9. The van der Waals surface area contributed by atoms with E-state index in [9.17, 15) is 4.79 Å².